The van der Waals surface area contributed by atoms with Gasteiger partial charge in [0.2, 0.25) is 10.0 Å². The lowest BCUT2D eigenvalue weighted by atomic mass is 10.2. The van der Waals surface area contributed by atoms with E-state index in [1.165, 1.54) is 25.1 Å². The molecule has 1 amide bonds. The first-order valence-corrected chi connectivity index (χ1v) is 9.26. The summed E-state index contributed by atoms with van der Waals surface area (Å²) in [6, 6.07) is 5.01. The van der Waals surface area contributed by atoms with E-state index in [0.717, 1.165) is 19.0 Å². The monoisotopic (exact) mass is 379 g/mol. The van der Waals surface area contributed by atoms with Crippen LogP contribution in [-0.2, 0) is 10.0 Å². The zero-order valence-corrected chi connectivity index (χ0v) is 14.5. The predicted octanol–water partition coefficient (Wildman–Crippen LogP) is 1.35. The van der Waals surface area contributed by atoms with Gasteiger partial charge in [-0.15, -0.1) is 0 Å². The molecule has 0 radical (unpaired) electrons. The van der Waals surface area contributed by atoms with Crippen LogP contribution in [0.2, 0.25) is 0 Å². The van der Waals surface area contributed by atoms with Crippen LogP contribution in [0.1, 0.15) is 23.7 Å². The lowest BCUT2D eigenvalue weighted by Gasteiger charge is -2.22. The minimum Gasteiger partial charge on any atom is -0.348 e. The van der Waals surface area contributed by atoms with Gasteiger partial charge in [0.15, 0.2) is 0 Å². The summed E-state index contributed by atoms with van der Waals surface area (Å²) in [6.45, 7) is 0.830. The Morgan fingerprint density at radius 1 is 1.40 bits per heavy atom. The molecule has 6 nitrogen and oxygen atoms in total. The van der Waals surface area contributed by atoms with Crippen LogP contribution >= 0.6 is 0 Å². The molecule has 1 unspecified atom stereocenters. The van der Waals surface area contributed by atoms with Crippen LogP contribution in [0, 0.1) is 0 Å². The Labute approximate surface area is 144 Å². The van der Waals surface area contributed by atoms with Crippen molar-refractivity contribution in [2.24, 2.45) is 0 Å². The van der Waals surface area contributed by atoms with E-state index in [4.69, 9.17) is 0 Å². The van der Waals surface area contributed by atoms with Crippen LogP contribution in [-0.4, -0.2) is 57.0 Å². The number of sulfonamides is 1. The summed E-state index contributed by atoms with van der Waals surface area (Å²) in [5.74, 6) is -0.454. The van der Waals surface area contributed by atoms with E-state index >= 15 is 0 Å². The standard InChI is InChI=1S/C15H20F3N3O3S/c1-2-21(10-15(16,17)18)25(23,24)13-5-3-4-11(8-13)14(22)20-12-6-7-19-9-12/h3-5,8,12,19H,2,6-7,9-10H2,1H3,(H,20,22). The number of carbonyl (C=O) groups excluding carboxylic acids is 1. The van der Waals surface area contributed by atoms with Crippen LogP contribution in [0.4, 0.5) is 13.2 Å². The number of alkyl halides is 3. The average molecular weight is 379 g/mol. The van der Waals surface area contributed by atoms with E-state index in [2.05, 4.69) is 10.6 Å². The van der Waals surface area contributed by atoms with Crippen molar-refractivity contribution in [1.82, 2.24) is 14.9 Å². The number of hydrogen-bond acceptors (Lipinski definition) is 4. The zero-order valence-electron chi connectivity index (χ0n) is 13.6. The molecular formula is C15H20F3N3O3S. The van der Waals surface area contributed by atoms with E-state index < -0.39 is 28.7 Å². The van der Waals surface area contributed by atoms with E-state index in [-0.39, 0.29) is 23.0 Å². The molecule has 1 aliphatic heterocycles. The van der Waals surface area contributed by atoms with Gasteiger partial charge in [-0.1, -0.05) is 13.0 Å². The molecule has 1 aromatic carbocycles. The van der Waals surface area contributed by atoms with E-state index in [1.54, 1.807) is 0 Å². The maximum atomic E-state index is 12.6. The number of carbonyl (C=O) groups is 1. The van der Waals surface area contributed by atoms with Gasteiger partial charge in [0.1, 0.15) is 6.54 Å². The minimum atomic E-state index is -4.65. The lowest BCUT2D eigenvalue weighted by Crippen LogP contribution is -2.39. The molecule has 2 rings (SSSR count). The van der Waals surface area contributed by atoms with Gasteiger partial charge in [0, 0.05) is 24.7 Å². The van der Waals surface area contributed by atoms with Crippen LogP contribution in [0.5, 0.6) is 0 Å². The second kappa shape index (κ2) is 7.71. The second-order valence-corrected chi connectivity index (χ2v) is 7.68. The van der Waals surface area contributed by atoms with Gasteiger partial charge in [0.25, 0.3) is 5.91 Å². The smallest absolute Gasteiger partial charge is 0.348 e. The van der Waals surface area contributed by atoms with Crippen molar-refractivity contribution in [3.8, 4) is 0 Å². The highest BCUT2D eigenvalue weighted by molar-refractivity contribution is 7.89. The molecule has 10 heteroatoms. The summed E-state index contributed by atoms with van der Waals surface area (Å²) in [5.41, 5.74) is 0.0936. The first kappa shape index (κ1) is 19.7. The van der Waals surface area contributed by atoms with Gasteiger partial charge >= 0.3 is 6.18 Å². The Morgan fingerprint density at radius 2 is 2.12 bits per heavy atom. The number of amides is 1. The molecule has 1 aliphatic rings. The summed E-state index contributed by atoms with van der Waals surface area (Å²) in [5, 5.41) is 5.85. The summed E-state index contributed by atoms with van der Waals surface area (Å²) in [7, 11) is -4.35. The highest BCUT2D eigenvalue weighted by Crippen LogP contribution is 2.23. The second-order valence-electron chi connectivity index (χ2n) is 5.74. The Kier molecular flexibility index (Phi) is 6.07. The van der Waals surface area contributed by atoms with Gasteiger partial charge in [-0.25, -0.2) is 8.42 Å². The number of rotatable bonds is 6. The molecule has 25 heavy (non-hydrogen) atoms. The Hall–Kier alpha value is -1.65. The molecule has 2 N–H and O–H groups in total. The number of nitrogens with zero attached hydrogens (tertiary/aromatic N) is 1. The molecular weight excluding hydrogens is 359 g/mol. The van der Waals surface area contributed by atoms with Crippen molar-refractivity contribution in [3.63, 3.8) is 0 Å². The fraction of sp³-hybridized carbons (Fsp3) is 0.533. The first-order chi connectivity index (χ1) is 11.6. The Morgan fingerprint density at radius 3 is 2.68 bits per heavy atom. The van der Waals surface area contributed by atoms with E-state index in [1.807, 2.05) is 0 Å². The van der Waals surface area contributed by atoms with Gasteiger partial charge in [-0.3, -0.25) is 4.79 Å². The van der Waals surface area contributed by atoms with Crippen LogP contribution < -0.4 is 10.6 Å². The van der Waals surface area contributed by atoms with Crippen molar-refractivity contribution in [2.45, 2.75) is 30.5 Å². The number of halogens is 3. The molecule has 1 saturated heterocycles. The summed E-state index contributed by atoms with van der Waals surface area (Å²) >= 11 is 0. The quantitative estimate of drug-likeness (QED) is 0.782. The van der Waals surface area contributed by atoms with Crippen molar-refractivity contribution >= 4 is 15.9 Å². The maximum absolute atomic E-state index is 12.6. The number of nitrogens with one attached hydrogen (secondary N) is 2. The molecule has 0 bridgehead atoms. The molecule has 1 fully saturated rings. The first-order valence-electron chi connectivity index (χ1n) is 7.82. The van der Waals surface area contributed by atoms with Crippen LogP contribution in [0.25, 0.3) is 0 Å². The zero-order chi connectivity index (χ0) is 18.7. The van der Waals surface area contributed by atoms with Crippen molar-refractivity contribution in [1.29, 1.82) is 0 Å². The molecule has 0 saturated carbocycles. The molecule has 0 aliphatic carbocycles. The van der Waals surface area contributed by atoms with E-state index in [0.29, 0.717) is 10.8 Å². The highest BCUT2D eigenvalue weighted by Gasteiger charge is 2.36. The van der Waals surface area contributed by atoms with Gasteiger partial charge in [-0.05, 0) is 31.2 Å². The summed E-state index contributed by atoms with van der Waals surface area (Å²) < 4.78 is 63.0. The third kappa shape index (κ3) is 5.16. The van der Waals surface area contributed by atoms with E-state index in [9.17, 15) is 26.4 Å². The highest BCUT2D eigenvalue weighted by atomic mass is 32.2. The molecule has 0 spiro atoms. The van der Waals surface area contributed by atoms with Crippen LogP contribution in [0.3, 0.4) is 0 Å². The van der Waals surface area contributed by atoms with Gasteiger partial charge < -0.3 is 10.6 Å². The van der Waals surface area contributed by atoms with Gasteiger partial charge in [-0.2, -0.15) is 17.5 Å². The number of benzene rings is 1. The fourth-order valence-electron chi connectivity index (χ4n) is 2.56. The van der Waals surface area contributed by atoms with Crippen molar-refractivity contribution < 1.29 is 26.4 Å². The number of hydrogen-bond donors (Lipinski definition) is 2. The summed E-state index contributed by atoms with van der Waals surface area (Å²) in [4.78, 5) is 11.9. The summed E-state index contributed by atoms with van der Waals surface area (Å²) in [6.07, 6.45) is -3.88. The predicted molar refractivity (Wildman–Crippen MR) is 85.7 cm³/mol. The molecule has 1 atom stereocenters. The maximum Gasteiger partial charge on any atom is 0.402 e. The Balaban J connectivity index is 2.22. The third-order valence-corrected chi connectivity index (χ3v) is 5.75. The Bertz CT molecular complexity index is 716. The lowest BCUT2D eigenvalue weighted by molar-refractivity contribution is -0.135. The third-order valence-electron chi connectivity index (χ3n) is 3.84. The van der Waals surface area contributed by atoms with Gasteiger partial charge in [0.05, 0.1) is 4.90 Å². The average Bonchev–Trinajstić information content (AvgIpc) is 3.04. The van der Waals surface area contributed by atoms with Crippen LogP contribution in [0.15, 0.2) is 29.2 Å². The largest absolute Gasteiger partial charge is 0.402 e. The van der Waals surface area contributed by atoms with Crippen molar-refractivity contribution in [3.05, 3.63) is 29.8 Å². The molecule has 140 valence electrons. The fourth-order valence-corrected chi connectivity index (χ4v) is 4.04. The SMILES string of the molecule is CCN(CC(F)(F)F)S(=O)(=O)c1cccc(C(=O)NC2CCNC2)c1. The molecule has 1 aromatic rings. The normalized spacial score (nSPS) is 18.5. The minimum absolute atomic E-state index is 0.0508. The molecule has 0 aromatic heterocycles. The van der Waals surface area contributed by atoms with Crippen molar-refractivity contribution in [2.75, 3.05) is 26.2 Å². The molecule has 1 heterocycles. The topological polar surface area (TPSA) is 78.5 Å².